The summed E-state index contributed by atoms with van der Waals surface area (Å²) in [6.07, 6.45) is 20.8. The number of aliphatic imine (C=N–C) groups is 1. The van der Waals surface area contributed by atoms with Crippen molar-refractivity contribution in [3.05, 3.63) is 144 Å². The molecule has 0 bridgehead atoms. The van der Waals surface area contributed by atoms with Crippen LogP contribution >= 0.6 is 0 Å². The van der Waals surface area contributed by atoms with E-state index in [1.807, 2.05) is 18.2 Å². The molecule has 2 aliphatic heterocycles. The molecule has 4 nitrogen and oxygen atoms in total. The fourth-order valence-corrected chi connectivity index (χ4v) is 6.54. The maximum Gasteiger partial charge on any atom is 0.145 e. The van der Waals surface area contributed by atoms with E-state index in [0.29, 0.717) is 0 Å². The molecule has 3 aliphatic rings. The number of aromatic nitrogens is 2. The van der Waals surface area contributed by atoms with E-state index in [4.69, 9.17) is 9.98 Å². The molecular weight excluding hydrogens is 536 g/mol. The van der Waals surface area contributed by atoms with Crippen LogP contribution in [0.4, 0.5) is 0 Å². The lowest BCUT2D eigenvalue weighted by Crippen LogP contribution is -2.35. The molecule has 1 aliphatic carbocycles. The smallest absolute Gasteiger partial charge is 0.145 e. The summed E-state index contributed by atoms with van der Waals surface area (Å²) in [5, 5.41) is 0. The maximum absolute atomic E-state index is 5.17. The highest BCUT2D eigenvalue weighted by Crippen LogP contribution is 2.38. The summed E-state index contributed by atoms with van der Waals surface area (Å²) in [6.45, 7) is 7.87. The van der Waals surface area contributed by atoms with Crippen molar-refractivity contribution >= 4 is 17.5 Å². The topological polar surface area (TPSA) is 33.4 Å². The van der Waals surface area contributed by atoms with Crippen molar-refractivity contribution in [2.45, 2.75) is 39.0 Å². The zero-order valence-electron chi connectivity index (χ0n) is 25.4. The van der Waals surface area contributed by atoms with Crippen molar-refractivity contribution in [3.8, 4) is 28.2 Å². The van der Waals surface area contributed by atoms with Crippen molar-refractivity contribution in [2.75, 3.05) is 13.1 Å². The fourth-order valence-electron chi connectivity index (χ4n) is 6.54. The van der Waals surface area contributed by atoms with E-state index in [1.54, 1.807) is 6.08 Å². The second-order valence-electron chi connectivity index (χ2n) is 11.6. The third-order valence-electron chi connectivity index (χ3n) is 8.78. The van der Waals surface area contributed by atoms with Gasteiger partial charge in [0.1, 0.15) is 11.7 Å². The summed E-state index contributed by atoms with van der Waals surface area (Å²) in [4.78, 5) is 12.7. The molecule has 0 radical (unpaired) electrons. The van der Waals surface area contributed by atoms with Crippen LogP contribution in [0, 0.1) is 6.92 Å². The van der Waals surface area contributed by atoms with Gasteiger partial charge in [0, 0.05) is 46.9 Å². The first-order chi connectivity index (χ1) is 21.7. The Bertz CT molecular complexity index is 1850. The molecule has 0 N–H and O–H groups in total. The van der Waals surface area contributed by atoms with E-state index < -0.39 is 0 Å². The molecule has 3 heterocycles. The van der Waals surface area contributed by atoms with Crippen LogP contribution in [0.3, 0.4) is 0 Å². The average molecular weight is 575 g/mol. The number of hydrogen-bond donors (Lipinski definition) is 0. The van der Waals surface area contributed by atoms with Crippen LogP contribution in [0.25, 0.3) is 39.9 Å². The number of rotatable bonds is 5. The van der Waals surface area contributed by atoms with E-state index >= 15 is 0 Å². The summed E-state index contributed by atoms with van der Waals surface area (Å²) in [5.74, 6) is 2.06. The Balaban J connectivity index is 1.30. The first-order valence-electron chi connectivity index (χ1n) is 15.8. The molecule has 0 saturated heterocycles. The van der Waals surface area contributed by atoms with Crippen LogP contribution < -0.4 is 0 Å². The third-order valence-corrected chi connectivity index (χ3v) is 8.78. The Morgan fingerprint density at radius 3 is 2.43 bits per heavy atom. The zero-order valence-corrected chi connectivity index (χ0v) is 25.4. The van der Waals surface area contributed by atoms with Gasteiger partial charge in [-0.05, 0) is 73.2 Å². The zero-order chi connectivity index (χ0) is 29.9. The van der Waals surface area contributed by atoms with Crippen molar-refractivity contribution in [3.63, 3.8) is 0 Å². The molecule has 4 heteroatoms. The van der Waals surface area contributed by atoms with Crippen LogP contribution in [0.1, 0.15) is 54.6 Å². The van der Waals surface area contributed by atoms with Gasteiger partial charge in [-0.15, -0.1) is 0 Å². The van der Waals surface area contributed by atoms with E-state index in [2.05, 4.69) is 114 Å². The molecule has 0 atom stereocenters. The monoisotopic (exact) mass is 574 g/mol. The lowest BCUT2D eigenvalue weighted by molar-refractivity contribution is 0.494. The molecule has 1 aromatic heterocycles. The average Bonchev–Trinajstić information content (AvgIpc) is 3.28. The minimum absolute atomic E-state index is 0.889. The van der Waals surface area contributed by atoms with Gasteiger partial charge in [-0.3, -0.25) is 9.56 Å². The quantitative estimate of drug-likeness (QED) is 0.222. The first-order valence-corrected chi connectivity index (χ1v) is 15.8. The third kappa shape index (κ3) is 5.22. The molecule has 4 aromatic rings. The number of allylic oxidation sites excluding steroid dienone is 7. The lowest BCUT2D eigenvalue weighted by Gasteiger charge is -2.34. The number of amidine groups is 1. The molecule has 0 unspecified atom stereocenters. The van der Waals surface area contributed by atoms with Crippen LogP contribution in [0.2, 0.25) is 0 Å². The van der Waals surface area contributed by atoms with Gasteiger partial charge in [0.05, 0.1) is 5.69 Å². The van der Waals surface area contributed by atoms with E-state index in [9.17, 15) is 0 Å². The highest BCUT2D eigenvalue weighted by molar-refractivity contribution is 6.09. The number of hydrogen-bond acceptors (Lipinski definition) is 3. The Morgan fingerprint density at radius 1 is 0.795 bits per heavy atom. The second-order valence-corrected chi connectivity index (χ2v) is 11.6. The highest BCUT2D eigenvalue weighted by atomic mass is 15.2. The van der Waals surface area contributed by atoms with Gasteiger partial charge in [-0.1, -0.05) is 104 Å². The van der Waals surface area contributed by atoms with Crippen LogP contribution in [0.15, 0.2) is 127 Å². The Kier molecular flexibility index (Phi) is 7.81. The molecule has 0 spiro atoms. The molecule has 3 aromatic carbocycles. The minimum Gasteiger partial charge on any atom is -0.326 e. The number of fused-ring (bicyclic) bond motifs is 5. The SMILES string of the molecule is C=C/C=C\c1nc(-c2ccccc2)n(-c2ccc(-c3ccc4c(c3)C3=C(C=CCC=C3)N3CCCCCCN=C43)cc2)c1C. The predicted molar refractivity (Wildman–Crippen MR) is 185 cm³/mol. The van der Waals surface area contributed by atoms with Gasteiger partial charge in [-0.25, -0.2) is 4.98 Å². The maximum atomic E-state index is 5.17. The minimum atomic E-state index is 0.889. The molecule has 44 heavy (non-hydrogen) atoms. The fraction of sp³-hybridized carbons (Fsp3) is 0.200. The van der Waals surface area contributed by atoms with E-state index in [0.717, 1.165) is 60.2 Å². The predicted octanol–water partition coefficient (Wildman–Crippen LogP) is 9.58. The van der Waals surface area contributed by atoms with Crippen molar-refractivity contribution in [1.29, 1.82) is 0 Å². The van der Waals surface area contributed by atoms with Crippen LogP contribution in [-0.2, 0) is 0 Å². The van der Waals surface area contributed by atoms with Crippen LogP contribution in [0.5, 0.6) is 0 Å². The van der Waals surface area contributed by atoms with Gasteiger partial charge in [0.25, 0.3) is 0 Å². The second kappa shape index (κ2) is 12.3. The van der Waals surface area contributed by atoms with Gasteiger partial charge >= 0.3 is 0 Å². The van der Waals surface area contributed by atoms with Gasteiger partial charge in [0.2, 0.25) is 0 Å². The summed E-state index contributed by atoms with van der Waals surface area (Å²) in [5.41, 5.74) is 11.7. The normalized spacial score (nSPS) is 16.4. The standard InChI is InChI=1S/C40H38N4/c1-3-4-18-37-29(2)44(39(42-37)31-15-9-7-10-16-31)33-23-20-30(21-24-33)32-22-25-35-36(28-32)34-17-11-8-12-19-38(34)43-27-14-6-5-13-26-41-40(35)43/h3-4,7,9-12,15-25,28H,1,5-6,8,13-14,26-27H2,2H3/b18-4-,41-40?. The van der Waals surface area contributed by atoms with E-state index in [1.165, 1.54) is 52.8 Å². The Morgan fingerprint density at radius 2 is 1.59 bits per heavy atom. The summed E-state index contributed by atoms with van der Waals surface area (Å²) >= 11 is 0. The van der Waals surface area contributed by atoms with Crippen molar-refractivity contribution in [2.24, 2.45) is 4.99 Å². The van der Waals surface area contributed by atoms with Gasteiger partial charge in [0.15, 0.2) is 0 Å². The molecule has 0 amide bonds. The summed E-state index contributed by atoms with van der Waals surface area (Å²) in [6, 6.07) is 26.2. The molecule has 218 valence electrons. The van der Waals surface area contributed by atoms with Crippen molar-refractivity contribution in [1.82, 2.24) is 14.5 Å². The first kappa shape index (κ1) is 27.8. The number of benzene rings is 3. The lowest BCUT2D eigenvalue weighted by atomic mass is 9.89. The largest absolute Gasteiger partial charge is 0.326 e. The van der Waals surface area contributed by atoms with Crippen LogP contribution in [-0.4, -0.2) is 33.4 Å². The Hall–Kier alpha value is -4.96. The molecule has 0 fully saturated rings. The molecule has 7 rings (SSSR count). The summed E-state index contributed by atoms with van der Waals surface area (Å²) < 4.78 is 2.25. The molecular formula is C40H38N4. The highest BCUT2D eigenvalue weighted by Gasteiger charge is 2.29. The summed E-state index contributed by atoms with van der Waals surface area (Å²) in [7, 11) is 0. The Labute approximate surface area is 260 Å². The molecule has 0 saturated carbocycles. The van der Waals surface area contributed by atoms with Crippen molar-refractivity contribution < 1.29 is 0 Å². The van der Waals surface area contributed by atoms with Gasteiger partial charge < -0.3 is 4.90 Å². The van der Waals surface area contributed by atoms with E-state index in [-0.39, 0.29) is 0 Å². The van der Waals surface area contributed by atoms with Gasteiger partial charge in [-0.2, -0.15) is 0 Å². The number of imidazole rings is 1. The number of nitrogens with zero attached hydrogens (tertiary/aromatic N) is 4.